The molecule has 0 atom stereocenters. The number of halogens is 2. The molecule has 0 fully saturated rings. The summed E-state index contributed by atoms with van der Waals surface area (Å²) >= 11 is 17.7. The van der Waals surface area contributed by atoms with Gasteiger partial charge in [-0.1, -0.05) is 53.0 Å². The fourth-order valence-electron chi connectivity index (χ4n) is 3.43. The molecule has 1 N–H and O–H groups in total. The molecule has 0 saturated heterocycles. The predicted octanol–water partition coefficient (Wildman–Crippen LogP) is 5.20. The number of hydrogen-bond acceptors (Lipinski definition) is 4. The molecule has 0 spiro atoms. The zero-order valence-electron chi connectivity index (χ0n) is 18.4. The molecule has 9 heteroatoms. The monoisotopic (exact) mass is 491 g/mol. The second-order valence-electron chi connectivity index (χ2n) is 8.03. The molecule has 0 bridgehead atoms. The summed E-state index contributed by atoms with van der Waals surface area (Å²) in [6.45, 7) is 4.05. The first-order valence-corrected chi connectivity index (χ1v) is 11.5. The Balaban J connectivity index is 1.84. The molecule has 3 aromatic rings. The summed E-state index contributed by atoms with van der Waals surface area (Å²) < 4.78 is 2.16. The highest BCUT2D eigenvalue weighted by Gasteiger charge is 2.19. The summed E-state index contributed by atoms with van der Waals surface area (Å²) in [4.78, 5) is 17.3. The fourth-order valence-corrected chi connectivity index (χ4v) is 3.95. The molecular formula is C23H27Cl2N5OS. The van der Waals surface area contributed by atoms with Gasteiger partial charge in [-0.2, -0.15) is 5.10 Å². The van der Waals surface area contributed by atoms with E-state index in [1.54, 1.807) is 16.7 Å². The van der Waals surface area contributed by atoms with E-state index < -0.39 is 0 Å². The van der Waals surface area contributed by atoms with Crippen LogP contribution in [0.4, 0.5) is 0 Å². The average Bonchev–Trinajstić information content (AvgIpc) is 3.10. The molecule has 0 aliphatic heterocycles. The second-order valence-corrected chi connectivity index (χ2v) is 9.23. The van der Waals surface area contributed by atoms with Crippen LogP contribution in [0.2, 0.25) is 10.0 Å². The molecule has 170 valence electrons. The topological polar surface area (TPSA) is 57.2 Å². The number of benzene rings is 2. The van der Waals surface area contributed by atoms with Crippen LogP contribution in [-0.4, -0.2) is 57.7 Å². The van der Waals surface area contributed by atoms with E-state index in [0.29, 0.717) is 33.7 Å². The highest BCUT2D eigenvalue weighted by molar-refractivity contribution is 7.71. The van der Waals surface area contributed by atoms with E-state index in [0.717, 1.165) is 29.7 Å². The van der Waals surface area contributed by atoms with Gasteiger partial charge in [0.1, 0.15) is 6.54 Å². The summed E-state index contributed by atoms with van der Waals surface area (Å²) in [6, 6.07) is 13.4. The van der Waals surface area contributed by atoms with Crippen molar-refractivity contribution >= 4 is 41.3 Å². The van der Waals surface area contributed by atoms with E-state index in [2.05, 4.69) is 15.1 Å². The third-order valence-electron chi connectivity index (χ3n) is 5.07. The first-order valence-electron chi connectivity index (χ1n) is 10.3. The van der Waals surface area contributed by atoms with Gasteiger partial charge in [-0.3, -0.25) is 14.5 Å². The molecular weight excluding hydrogens is 465 g/mol. The number of carbonyl (C=O) groups excluding carboxylic acids is 1. The lowest BCUT2D eigenvalue weighted by Gasteiger charge is -2.24. The molecule has 0 saturated carbocycles. The maximum Gasteiger partial charge on any atom is 0.242 e. The van der Waals surface area contributed by atoms with Crippen LogP contribution in [0.15, 0.2) is 42.5 Å². The summed E-state index contributed by atoms with van der Waals surface area (Å²) in [7, 11) is 4.04. The Labute approximate surface area is 203 Å². The van der Waals surface area contributed by atoms with Gasteiger partial charge in [0.15, 0.2) is 10.6 Å². The maximum atomic E-state index is 13.4. The molecule has 0 unspecified atom stereocenters. The summed E-state index contributed by atoms with van der Waals surface area (Å²) in [5.41, 5.74) is 2.94. The number of nitrogens with one attached hydrogen (secondary N) is 1. The maximum absolute atomic E-state index is 13.4. The van der Waals surface area contributed by atoms with Crippen molar-refractivity contribution in [2.45, 2.75) is 26.4 Å². The van der Waals surface area contributed by atoms with Crippen LogP contribution in [0.3, 0.4) is 0 Å². The van der Waals surface area contributed by atoms with Gasteiger partial charge in [0.2, 0.25) is 5.91 Å². The number of carbonyl (C=O) groups is 1. The molecule has 0 aliphatic carbocycles. The minimum Gasteiger partial charge on any atom is -0.337 e. The van der Waals surface area contributed by atoms with Crippen LogP contribution in [0.25, 0.3) is 11.4 Å². The molecule has 1 amide bonds. The first-order chi connectivity index (χ1) is 15.2. The first kappa shape index (κ1) is 24.5. The van der Waals surface area contributed by atoms with Crippen LogP contribution in [-0.2, 0) is 17.9 Å². The van der Waals surface area contributed by atoms with Crippen LogP contribution in [0.5, 0.6) is 0 Å². The van der Waals surface area contributed by atoms with Gasteiger partial charge >= 0.3 is 0 Å². The zero-order valence-corrected chi connectivity index (χ0v) is 20.8. The van der Waals surface area contributed by atoms with Crippen LogP contribution in [0, 0.1) is 11.7 Å². The van der Waals surface area contributed by atoms with E-state index in [9.17, 15) is 4.79 Å². The molecule has 0 radical (unpaired) electrons. The van der Waals surface area contributed by atoms with Crippen molar-refractivity contribution in [3.05, 3.63) is 68.4 Å². The zero-order chi connectivity index (χ0) is 23.3. The number of aromatic amines is 1. The van der Waals surface area contributed by atoms with Gasteiger partial charge in [0.05, 0.1) is 10.0 Å². The van der Waals surface area contributed by atoms with Gasteiger partial charge in [-0.05, 0) is 70.0 Å². The van der Waals surface area contributed by atoms with E-state index in [-0.39, 0.29) is 12.5 Å². The number of aryl methyl sites for hydroxylation is 1. The standard InChI is InChI=1S/C23H27Cl2N5OS/c1-16-6-4-7-18(12-16)22-26-27-23(32)30(22)15-21(31)29(11-5-10-28(2)3)14-17-8-9-19(24)20(25)13-17/h4,6-9,12-13H,5,10-11,14-15H2,1-3H3,(H,27,32). The number of H-pyrrole nitrogens is 1. The number of aromatic nitrogens is 3. The minimum atomic E-state index is -0.0405. The third kappa shape index (κ3) is 6.42. The van der Waals surface area contributed by atoms with Crippen molar-refractivity contribution in [2.24, 2.45) is 0 Å². The Morgan fingerprint density at radius 2 is 1.91 bits per heavy atom. The quantitative estimate of drug-likeness (QED) is 0.417. The number of nitrogens with zero attached hydrogens (tertiary/aromatic N) is 4. The normalized spacial score (nSPS) is 11.2. The number of hydrogen-bond donors (Lipinski definition) is 1. The lowest BCUT2D eigenvalue weighted by molar-refractivity contribution is -0.132. The van der Waals surface area contributed by atoms with Gasteiger partial charge in [-0.15, -0.1) is 0 Å². The molecule has 2 aromatic carbocycles. The molecule has 1 aromatic heterocycles. The Kier molecular flexibility index (Phi) is 8.48. The van der Waals surface area contributed by atoms with Gasteiger partial charge in [0, 0.05) is 18.7 Å². The summed E-state index contributed by atoms with van der Waals surface area (Å²) in [5, 5.41) is 8.16. The fraction of sp³-hybridized carbons (Fsp3) is 0.348. The van der Waals surface area contributed by atoms with E-state index in [1.807, 2.05) is 56.3 Å². The average molecular weight is 492 g/mol. The number of rotatable bonds is 9. The lowest BCUT2D eigenvalue weighted by Crippen LogP contribution is -2.35. The van der Waals surface area contributed by atoms with Crippen molar-refractivity contribution in [3.8, 4) is 11.4 Å². The smallest absolute Gasteiger partial charge is 0.242 e. The minimum absolute atomic E-state index is 0.0405. The highest BCUT2D eigenvalue weighted by Crippen LogP contribution is 2.24. The molecule has 1 heterocycles. The molecule has 32 heavy (non-hydrogen) atoms. The van der Waals surface area contributed by atoms with Gasteiger partial charge in [0.25, 0.3) is 0 Å². The van der Waals surface area contributed by atoms with Crippen molar-refractivity contribution in [3.63, 3.8) is 0 Å². The predicted molar refractivity (Wildman–Crippen MR) is 133 cm³/mol. The van der Waals surface area contributed by atoms with E-state index in [4.69, 9.17) is 35.4 Å². The SMILES string of the molecule is Cc1cccc(-c2n[nH]c(=S)n2CC(=O)N(CCCN(C)C)Cc2ccc(Cl)c(Cl)c2)c1. The summed E-state index contributed by atoms with van der Waals surface area (Å²) in [5.74, 6) is 0.607. The van der Waals surface area contributed by atoms with Crippen LogP contribution >= 0.6 is 35.4 Å². The van der Waals surface area contributed by atoms with Crippen molar-refractivity contribution in [1.29, 1.82) is 0 Å². The van der Waals surface area contributed by atoms with Crippen molar-refractivity contribution in [2.75, 3.05) is 27.2 Å². The molecule has 6 nitrogen and oxygen atoms in total. The van der Waals surface area contributed by atoms with Gasteiger partial charge in [-0.25, -0.2) is 0 Å². The van der Waals surface area contributed by atoms with E-state index >= 15 is 0 Å². The van der Waals surface area contributed by atoms with Crippen LogP contribution in [0.1, 0.15) is 17.5 Å². The largest absolute Gasteiger partial charge is 0.337 e. The van der Waals surface area contributed by atoms with Gasteiger partial charge < -0.3 is 9.80 Å². The van der Waals surface area contributed by atoms with Crippen LogP contribution < -0.4 is 0 Å². The Morgan fingerprint density at radius 3 is 2.59 bits per heavy atom. The Morgan fingerprint density at radius 1 is 1.12 bits per heavy atom. The molecule has 3 rings (SSSR count). The van der Waals surface area contributed by atoms with Crippen molar-refractivity contribution in [1.82, 2.24) is 24.6 Å². The Bertz CT molecular complexity index is 1140. The second kappa shape index (κ2) is 11.1. The van der Waals surface area contributed by atoms with E-state index in [1.165, 1.54) is 0 Å². The third-order valence-corrected chi connectivity index (χ3v) is 6.12. The number of amides is 1. The van der Waals surface area contributed by atoms with Crippen molar-refractivity contribution < 1.29 is 4.79 Å². The highest BCUT2D eigenvalue weighted by atomic mass is 35.5. The lowest BCUT2D eigenvalue weighted by atomic mass is 10.1. The Hall–Kier alpha value is -2.19. The summed E-state index contributed by atoms with van der Waals surface area (Å²) in [6.07, 6.45) is 0.849. The molecule has 0 aliphatic rings.